The predicted octanol–water partition coefficient (Wildman–Crippen LogP) is 5.69. The van der Waals surface area contributed by atoms with E-state index in [0.29, 0.717) is 0 Å². The number of hydrogen-bond acceptors (Lipinski definition) is 2. The van der Waals surface area contributed by atoms with Gasteiger partial charge in [-0.2, -0.15) is 13.2 Å². The van der Waals surface area contributed by atoms with E-state index in [1.54, 1.807) is 12.1 Å². The Morgan fingerprint density at radius 1 is 1.04 bits per heavy atom. The first-order valence-electron chi connectivity index (χ1n) is 10.0. The molecule has 1 fully saturated rings. The van der Waals surface area contributed by atoms with Crippen molar-refractivity contribution in [3.63, 3.8) is 0 Å². The van der Waals surface area contributed by atoms with Gasteiger partial charge in [0.1, 0.15) is 6.04 Å². The molecule has 1 aliphatic rings. The third kappa shape index (κ3) is 5.04. The predicted molar refractivity (Wildman–Crippen MR) is 105 cm³/mol. The lowest BCUT2D eigenvalue weighted by Gasteiger charge is -2.29. The molecule has 3 rings (SSSR count). The third-order valence-electron chi connectivity index (χ3n) is 5.28. The molecule has 3 nitrogen and oxygen atoms in total. The van der Waals surface area contributed by atoms with E-state index in [4.69, 9.17) is 0 Å². The van der Waals surface area contributed by atoms with Crippen LogP contribution in [0, 0.1) is 0 Å². The Hall–Kier alpha value is -2.08. The molecular weight excluding hydrogens is 365 g/mol. The van der Waals surface area contributed by atoms with Crippen molar-refractivity contribution in [3.05, 3.63) is 47.5 Å². The van der Waals surface area contributed by atoms with Crippen molar-refractivity contribution in [3.8, 4) is 0 Å². The largest absolute Gasteiger partial charge is 0.409 e. The highest BCUT2D eigenvalue weighted by molar-refractivity contribution is 5.84. The average Bonchev–Trinajstić information content (AvgIpc) is 3.06. The fourth-order valence-electron chi connectivity index (χ4n) is 3.81. The Balaban J connectivity index is 1.77. The van der Waals surface area contributed by atoms with Crippen LogP contribution in [0.4, 0.5) is 13.2 Å². The summed E-state index contributed by atoms with van der Waals surface area (Å²) < 4.78 is 41.1. The maximum atomic E-state index is 13.7. The monoisotopic (exact) mass is 392 g/mol. The summed E-state index contributed by atoms with van der Waals surface area (Å²) >= 11 is 0. The van der Waals surface area contributed by atoms with Gasteiger partial charge in [0.15, 0.2) is 0 Å². The SMILES string of the molecule is CCCCCCCc1ccc2cc([C@H](N3CCC(=O)N3)C(F)(F)F)ccc2c1. The van der Waals surface area contributed by atoms with E-state index in [0.717, 1.165) is 28.6 Å². The maximum Gasteiger partial charge on any atom is 0.409 e. The fraction of sp³-hybridized carbons (Fsp3) is 0.500. The van der Waals surface area contributed by atoms with Gasteiger partial charge < -0.3 is 0 Å². The second-order valence-electron chi connectivity index (χ2n) is 7.53. The molecule has 1 aliphatic heterocycles. The van der Waals surface area contributed by atoms with E-state index in [1.807, 2.05) is 12.1 Å². The number of amides is 1. The van der Waals surface area contributed by atoms with Gasteiger partial charge in [0.05, 0.1) is 0 Å². The van der Waals surface area contributed by atoms with Crippen LogP contribution in [0.1, 0.15) is 62.6 Å². The molecule has 0 aliphatic carbocycles. The van der Waals surface area contributed by atoms with Crippen molar-refractivity contribution < 1.29 is 18.0 Å². The maximum absolute atomic E-state index is 13.7. The van der Waals surface area contributed by atoms with E-state index >= 15 is 0 Å². The minimum absolute atomic E-state index is 0.0536. The minimum Gasteiger partial charge on any atom is -0.288 e. The Bertz CT molecular complexity index is 819. The van der Waals surface area contributed by atoms with Gasteiger partial charge in [0.2, 0.25) is 5.91 Å². The van der Waals surface area contributed by atoms with E-state index in [-0.39, 0.29) is 24.4 Å². The number of carbonyl (C=O) groups excluding carboxylic acids is 1. The van der Waals surface area contributed by atoms with Gasteiger partial charge in [0.25, 0.3) is 0 Å². The normalized spacial score (nSPS) is 16.5. The van der Waals surface area contributed by atoms with Gasteiger partial charge >= 0.3 is 6.18 Å². The summed E-state index contributed by atoms with van der Waals surface area (Å²) in [6, 6.07) is 9.00. The molecule has 2 aromatic rings. The van der Waals surface area contributed by atoms with Crippen molar-refractivity contribution in [1.82, 2.24) is 10.4 Å². The second kappa shape index (κ2) is 8.95. The van der Waals surface area contributed by atoms with Gasteiger partial charge in [-0.15, -0.1) is 0 Å². The van der Waals surface area contributed by atoms with E-state index < -0.39 is 12.2 Å². The Morgan fingerprint density at radius 3 is 2.43 bits per heavy atom. The van der Waals surface area contributed by atoms with Crippen LogP contribution in [-0.2, 0) is 11.2 Å². The Labute approximate surface area is 163 Å². The molecular formula is C22H27F3N2O. The molecule has 1 atom stereocenters. The number of hydrazine groups is 1. The first kappa shape index (κ1) is 20.6. The van der Waals surface area contributed by atoms with Crippen molar-refractivity contribution >= 4 is 16.7 Å². The van der Waals surface area contributed by atoms with Gasteiger partial charge in [-0.25, -0.2) is 5.01 Å². The van der Waals surface area contributed by atoms with Crippen LogP contribution in [-0.4, -0.2) is 23.6 Å². The van der Waals surface area contributed by atoms with E-state index in [2.05, 4.69) is 18.4 Å². The zero-order valence-corrected chi connectivity index (χ0v) is 16.2. The highest BCUT2D eigenvalue weighted by Gasteiger charge is 2.46. The number of carbonyl (C=O) groups is 1. The summed E-state index contributed by atoms with van der Waals surface area (Å²) in [7, 11) is 0. The van der Waals surface area contributed by atoms with Crippen LogP contribution in [0.5, 0.6) is 0 Å². The molecule has 1 saturated heterocycles. The Morgan fingerprint density at radius 2 is 1.75 bits per heavy atom. The number of nitrogens with zero attached hydrogens (tertiary/aromatic N) is 1. The van der Waals surface area contributed by atoms with Crippen LogP contribution in [0.15, 0.2) is 36.4 Å². The lowest BCUT2D eigenvalue weighted by atomic mass is 9.98. The van der Waals surface area contributed by atoms with Crippen molar-refractivity contribution in [2.45, 2.75) is 64.1 Å². The average molecular weight is 392 g/mol. The minimum atomic E-state index is -4.47. The van der Waals surface area contributed by atoms with Crippen LogP contribution in [0.25, 0.3) is 10.8 Å². The summed E-state index contributed by atoms with van der Waals surface area (Å²) in [5.41, 5.74) is 3.69. The first-order chi connectivity index (χ1) is 13.4. The van der Waals surface area contributed by atoms with Gasteiger partial charge in [0, 0.05) is 13.0 Å². The summed E-state index contributed by atoms with van der Waals surface area (Å²) in [6.45, 7) is 2.25. The zero-order valence-electron chi connectivity index (χ0n) is 16.2. The van der Waals surface area contributed by atoms with Crippen molar-refractivity contribution in [2.75, 3.05) is 6.54 Å². The lowest BCUT2D eigenvalue weighted by Crippen LogP contribution is -2.43. The van der Waals surface area contributed by atoms with Crippen LogP contribution < -0.4 is 5.43 Å². The molecule has 1 N–H and O–H groups in total. The van der Waals surface area contributed by atoms with Crippen LogP contribution in [0.2, 0.25) is 0 Å². The van der Waals surface area contributed by atoms with Crippen molar-refractivity contribution in [1.29, 1.82) is 0 Å². The molecule has 0 bridgehead atoms. The molecule has 0 radical (unpaired) electrons. The molecule has 152 valence electrons. The lowest BCUT2D eigenvalue weighted by molar-refractivity contribution is -0.191. The number of aryl methyl sites for hydroxylation is 1. The topological polar surface area (TPSA) is 32.3 Å². The number of hydrogen-bond donors (Lipinski definition) is 1. The molecule has 6 heteroatoms. The van der Waals surface area contributed by atoms with Crippen molar-refractivity contribution in [2.24, 2.45) is 0 Å². The zero-order chi connectivity index (χ0) is 20.1. The highest BCUT2D eigenvalue weighted by Crippen LogP contribution is 2.38. The summed E-state index contributed by atoms with van der Waals surface area (Å²) in [4.78, 5) is 11.4. The van der Waals surface area contributed by atoms with Gasteiger partial charge in [-0.3, -0.25) is 10.2 Å². The van der Waals surface area contributed by atoms with Gasteiger partial charge in [-0.1, -0.05) is 62.9 Å². The molecule has 2 aromatic carbocycles. The number of halogens is 3. The Kier molecular flexibility index (Phi) is 6.60. The quantitative estimate of drug-likeness (QED) is 0.585. The number of rotatable bonds is 8. The molecule has 1 amide bonds. The number of nitrogens with one attached hydrogen (secondary N) is 1. The number of fused-ring (bicyclic) bond motifs is 1. The molecule has 1 heterocycles. The summed E-state index contributed by atoms with van der Waals surface area (Å²) in [6.07, 6.45) is 2.68. The number of benzene rings is 2. The molecule has 28 heavy (non-hydrogen) atoms. The van der Waals surface area contributed by atoms with E-state index in [9.17, 15) is 18.0 Å². The standard InChI is InChI=1S/C22H27F3N2O/c1-2-3-4-5-6-7-16-8-9-18-15-19(11-10-17(18)14-16)21(22(23,24)25)27-13-12-20(28)26-27/h8-11,14-15,21H,2-7,12-13H2,1H3,(H,26,28)/t21-/m0/s1. The number of alkyl halides is 3. The molecule has 0 unspecified atom stereocenters. The second-order valence-corrected chi connectivity index (χ2v) is 7.53. The molecule has 0 aromatic heterocycles. The highest BCUT2D eigenvalue weighted by atomic mass is 19.4. The smallest absolute Gasteiger partial charge is 0.288 e. The van der Waals surface area contributed by atoms with Gasteiger partial charge in [-0.05, 0) is 40.8 Å². The first-order valence-corrected chi connectivity index (χ1v) is 10.0. The van der Waals surface area contributed by atoms with Crippen LogP contribution in [0.3, 0.4) is 0 Å². The van der Waals surface area contributed by atoms with E-state index in [1.165, 1.54) is 37.3 Å². The van der Waals surface area contributed by atoms with Crippen LogP contribution >= 0.6 is 0 Å². The molecule has 0 saturated carbocycles. The summed E-state index contributed by atoms with van der Waals surface area (Å²) in [5.74, 6) is -0.376. The fourth-order valence-corrected chi connectivity index (χ4v) is 3.81. The third-order valence-corrected chi connectivity index (χ3v) is 5.28. The molecule has 0 spiro atoms. The number of unbranched alkanes of at least 4 members (excludes halogenated alkanes) is 4. The summed E-state index contributed by atoms with van der Waals surface area (Å²) in [5, 5.41) is 2.72.